The highest BCUT2D eigenvalue weighted by Gasteiger charge is 2.46. The van der Waals surface area contributed by atoms with Crippen molar-refractivity contribution >= 4 is 0 Å². The molecule has 3 rings (SSSR count). The van der Waals surface area contributed by atoms with E-state index < -0.39 is 29.2 Å². The van der Waals surface area contributed by atoms with Gasteiger partial charge in [0.15, 0.2) is 0 Å². The van der Waals surface area contributed by atoms with Crippen LogP contribution in [0.25, 0.3) is 0 Å². The van der Waals surface area contributed by atoms with Gasteiger partial charge in [0.2, 0.25) is 0 Å². The maximum atomic E-state index is 14.5. The number of nitrogens with zero attached hydrogens (tertiary/aromatic N) is 2. The van der Waals surface area contributed by atoms with E-state index in [4.69, 9.17) is 14.2 Å². The summed E-state index contributed by atoms with van der Waals surface area (Å²) in [7, 11) is 1.57. The van der Waals surface area contributed by atoms with E-state index in [1.807, 2.05) is 0 Å². The van der Waals surface area contributed by atoms with Crippen molar-refractivity contribution in [3.8, 4) is 5.75 Å². The van der Waals surface area contributed by atoms with Crippen molar-refractivity contribution in [2.24, 2.45) is 0 Å². The zero-order valence-electron chi connectivity index (χ0n) is 18.4. The van der Waals surface area contributed by atoms with Crippen LogP contribution in [0.3, 0.4) is 0 Å². The van der Waals surface area contributed by atoms with Gasteiger partial charge in [-0.3, -0.25) is 13.9 Å². The second kappa shape index (κ2) is 10.2. The Balaban J connectivity index is 1.80. The number of benzene rings is 1. The Morgan fingerprint density at radius 2 is 2.00 bits per heavy atom. The summed E-state index contributed by atoms with van der Waals surface area (Å²) in [5.74, 6) is 0.693. The van der Waals surface area contributed by atoms with Crippen molar-refractivity contribution in [3.63, 3.8) is 0 Å². The van der Waals surface area contributed by atoms with E-state index in [0.717, 1.165) is 23.0 Å². The van der Waals surface area contributed by atoms with Crippen LogP contribution in [-0.4, -0.2) is 41.2 Å². The highest BCUT2D eigenvalue weighted by molar-refractivity contribution is 5.27. The van der Waals surface area contributed by atoms with E-state index in [1.54, 1.807) is 31.4 Å². The number of halogens is 1. The van der Waals surface area contributed by atoms with E-state index in [-0.39, 0.29) is 13.2 Å². The van der Waals surface area contributed by atoms with Crippen LogP contribution in [0, 0.1) is 0 Å². The number of methoxy groups -OCH3 is 1. The summed E-state index contributed by atoms with van der Waals surface area (Å²) in [5.41, 5.74) is -1.18. The molecule has 1 aromatic heterocycles. The molecule has 31 heavy (non-hydrogen) atoms. The quantitative estimate of drug-likeness (QED) is 0.537. The van der Waals surface area contributed by atoms with Crippen LogP contribution < -0.4 is 16.0 Å². The monoisotopic (exact) mass is 434 g/mol. The Morgan fingerprint density at radius 3 is 2.65 bits per heavy atom. The summed E-state index contributed by atoms with van der Waals surface area (Å²) in [4.78, 5) is 25.5. The van der Waals surface area contributed by atoms with E-state index in [9.17, 15) is 14.0 Å². The highest BCUT2D eigenvalue weighted by Crippen LogP contribution is 2.39. The average molecular weight is 435 g/mol. The van der Waals surface area contributed by atoms with Gasteiger partial charge in [-0.05, 0) is 43.9 Å². The number of hydrogen-bond donors (Lipinski definition) is 0. The van der Waals surface area contributed by atoms with Gasteiger partial charge in [-0.2, -0.15) is 0 Å². The molecule has 0 radical (unpaired) electrons. The molecule has 1 aliphatic rings. The molecule has 1 saturated heterocycles. The van der Waals surface area contributed by atoms with Gasteiger partial charge >= 0.3 is 5.69 Å². The van der Waals surface area contributed by atoms with Gasteiger partial charge in [-0.25, -0.2) is 9.18 Å². The molecule has 0 spiro atoms. The predicted molar refractivity (Wildman–Crippen MR) is 115 cm³/mol. The van der Waals surface area contributed by atoms with Gasteiger partial charge in [0.1, 0.15) is 23.8 Å². The Labute approximate surface area is 181 Å². The minimum absolute atomic E-state index is 0.125. The van der Waals surface area contributed by atoms with Crippen molar-refractivity contribution in [2.45, 2.75) is 64.1 Å². The van der Waals surface area contributed by atoms with Gasteiger partial charge in [0, 0.05) is 18.9 Å². The Kier molecular flexibility index (Phi) is 7.67. The first-order valence-corrected chi connectivity index (χ1v) is 10.7. The molecule has 1 aromatic carbocycles. The average Bonchev–Trinajstić information content (AvgIpc) is 3.20. The minimum atomic E-state index is -1.25. The molecule has 170 valence electrons. The third kappa shape index (κ3) is 5.25. The molecule has 2 heterocycles. The summed E-state index contributed by atoms with van der Waals surface area (Å²) in [6.45, 7) is 4.33. The minimum Gasteiger partial charge on any atom is -0.497 e. The normalized spacial score (nSPS) is 21.9. The molecule has 0 N–H and O–H groups in total. The van der Waals surface area contributed by atoms with Crippen molar-refractivity contribution in [1.82, 2.24) is 9.13 Å². The first kappa shape index (κ1) is 23.2. The molecule has 7 nitrogen and oxygen atoms in total. The molecule has 0 aliphatic carbocycles. The van der Waals surface area contributed by atoms with Crippen LogP contribution in [0.4, 0.5) is 4.39 Å². The van der Waals surface area contributed by atoms with Gasteiger partial charge in [-0.1, -0.05) is 25.5 Å². The molecule has 1 aliphatic heterocycles. The molecular formula is C23H31FN2O5. The lowest BCUT2D eigenvalue weighted by Gasteiger charge is -2.31. The lowest BCUT2D eigenvalue weighted by Crippen LogP contribution is -2.45. The van der Waals surface area contributed by atoms with E-state index in [1.165, 1.54) is 23.8 Å². The molecule has 1 fully saturated rings. The predicted octanol–water partition coefficient (Wildman–Crippen LogP) is 3.29. The van der Waals surface area contributed by atoms with E-state index in [2.05, 4.69) is 6.92 Å². The summed E-state index contributed by atoms with van der Waals surface area (Å²) in [6.07, 6.45) is 2.32. The van der Waals surface area contributed by atoms with Crippen molar-refractivity contribution < 1.29 is 18.6 Å². The van der Waals surface area contributed by atoms with Crippen LogP contribution in [0.15, 0.2) is 46.1 Å². The number of alkyl halides is 1. The van der Waals surface area contributed by atoms with Gasteiger partial charge in [0.05, 0.1) is 20.3 Å². The lowest BCUT2D eigenvalue weighted by molar-refractivity contribution is -0.144. The zero-order chi connectivity index (χ0) is 22.4. The molecule has 0 amide bonds. The van der Waals surface area contributed by atoms with Crippen LogP contribution in [0.5, 0.6) is 5.75 Å². The summed E-state index contributed by atoms with van der Waals surface area (Å²) >= 11 is 0. The highest BCUT2D eigenvalue weighted by atomic mass is 19.1. The van der Waals surface area contributed by atoms with Crippen LogP contribution in [0.2, 0.25) is 0 Å². The fourth-order valence-corrected chi connectivity index (χ4v) is 3.77. The zero-order valence-corrected chi connectivity index (χ0v) is 18.4. The molecular weight excluding hydrogens is 403 g/mol. The van der Waals surface area contributed by atoms with Crippen molar-refractivity contribution in [1.29, 1.82) is 0 Å². The van der Waals surface area contributed by atoms with Gasteiger partial charge in [-0.15, -0.1) is 0 Å². The Hall–Kier alpha value is -2.45. The van der Waals surface area contributed by atoms with Crippen molar-refractivity contribution in [2.75, 3.05) is 20.3 Å². The van der Waals surface area contributed by atoms with Crippen molar-refractivity contribution in [3.05, 3.63) is 62.9 Å². The topological polar surface area (TPSA) is 71.7 Å². The summed E-state index contributed by atoms with van der Waals surface area (Å²) in [6, 6.07) is 8.49. The first-order chi connectivity index (χ1) is 14.9. The maximum Gasteiger partial charge on any atom is 0.333 e. The number of rotatable bonds is 10. The van der Waals surface area contributed by atoms with Crippen LogP contribution >= 0.6 is 0 Å². The number of aromatic nitrogens is 2. The SMILES string of the molecule is CCCCOC[C@]1(C(C)F)CC[C@H](n2ccc(=O)n(Cc3ccc(OC)cc3)c2=O)O1. The molecule has 1 unspecified atom stereocenters. The summed E-state index contributed by atoms with van der Waals surface area (Å²) in [5, 5.41) is 0. The summed E-state index contributed by atoms with van der Waals surface area (Å²) < 4.78 is 33.9. The van der Waals surface area contributed by atoms with Gasteiger partial charge < -0.3 is 14.2 Å². The second-order valence-electron chi connectivity index (χ2n) is 7.98. The van der Waals surface area contributed by atoms with E-state index in [0.29, 0.717) is 25.2 Å². The second-order valence-corrected chi connectivity index (χ2v) is 7.98. The molecule has 8 heteroatoms. The third-order valence-corrected chi connectivity index (χ3v) is 5.80. The molecule has 0 saturated carbocycles. The first-order valence-electron chi connectivity index (χ1n) is 10.7. The number of unbranched alkanes of at least 4 members (excludes halogenated alkanes) is 1. The standard InChI is InChI=1S/C23H31FN2O5/c1-4-5-14-30-16-23(17(2)24)12-10-21(31-23)25-13-11-20(27)26(22(25)28)15-18-6-8-19(29-3)9-7-18/h6-9,11,13,17,21H,4-5,10,12,14-16H2,1-3H3/t17?,21-,23+/m1/s1. The van der Waals surface area contributed by atoms with E-state index >= 15 is 0 Å². The van der Waals surface area contributed by atoms with Gasteiger partial charge in [0.25, 0.3) is 5.56 Å². The third-order valence-electron chi connectivity index (χ3n) is 5.80. The molecule has 2 aromatic rings. The van der Waals surface area contributed by atoms with Crippen LogP contribution in [0.1, 0.15) is 51.3 Å². The molecule has 0 bridgehead atoms. The maximum absolute atomic E-state index is 14.5. The Morgan fingerprint density at radius 1 is 1.26 bits per heavy atom. The fraction of sp³-hybridized carbons (Fsp3) is 0.565. The van der Waals surface area contributed by atoms with Crippen LogP contribution in [-0.2, 0) is 16.0 Å². The molecule has 3 atom stereocenters. The largest absolute Gasteiger partial charge is 0.497 e. The lowest BCUT2D eigenvalue weighted by atomic mass is 9.96. The Bertz CT molecular complexity index is 969. The smallest absolute Gasteiger partial charge is 0.333 e. The number of ether oxygens (including phenoxy) is 3. The fourth-order valence-electron chi connectivity index (χ4n) is 3.77. The number of hydrogen-bond acceptors (Lipinski definition) is 5.